The minimum Gasteiger partial charge on any atom is -0.493 e. The lowest BCUT2D eigenvalue weighted by Crippen LogP contribution is -2.29. The van der Waals surface area contributed by atoms with Crippen molar-refractivity contribution in [1.82, 2.24) is 9.55 Å². The smallest absolute Gasteiger partial charge is 0.265 e. The van der Waals surface area contributed by atoms with Gasteiger partial charge in [0.15, 0.2) is 0 Å². The van der Waals surface area contributed by atoms with E-state index in [-0.39, 0.29) is 11.1 Å². The zero-order chi connectivity index (χ0) is 14.3. The van der Waals surface area contributed by atoms with Gasteiger partial charge in [-0.3, -0.25) is 9.36 Å². The topological polar surface area (TPSA) is 55.1 Å². The van der Waals surface area contributed by atoms with Crippen LogP contribution in [0.5, 0.6) is 5.88 Å². The molecule has 2 aromatic rings. The fourth-order valence-electron chi connectivity index (χ4n) is 2.49. The van der Waals surface area contributed by atoms with Gasteiger partial charge in [0.1, 0.15) is 23.0 Å². The monoisotopic (exact) mass is 278 g/mol. The molecule has 0 amide bonds. The quantitative estimate of drug-likeness (QED) is 0.870. The first-order chi connectivity index (χ1) is 9.58. The number of rotatable bonds is 1. The number of benzene rings is 1. The van der Waals surface area contributed by atoms with Crippen LogP contribution in [0, 0.1) is 11.6 Å². The third-order valence-electron chi connectivity index (χ3n) is 3.46. The van der Waals surface area contributed by atoms with Crippen molar-refractivity contribution >= 4 is 0 Å². The van der Waals surface area contributed by atoms with E-state index in [4.69, 9.17) is 0 Å². The van der Waals surface area contributed by atoms with Crippen LogP contribution in [0.1, 0.15) is 18.7 Å². The van der Waals surface area contributed by atoms with Crippen molar-refractivity contribution in [2.24, 2.45) is 0 Å². The molecular formula is C14H12F2N2O2. The molecule has 0 spiro atoms. The molecule has 0 saturated heterocycles. The van der Waals surface area contributed by atoms with Crippen molar-refractivity contribution < 1.29 is 13.9 Å². The molecule has 0 saturated carbocycles. The molecule has 0 fully saturated rings. The third-order valence-corrected chi connectivity index (χ3v) is 3.46. The van der Waals surface area contributed by atoms with E-state index in [1.165, 1.54) is 4.57 Å². The Morgan fingerprint density at radius 3 is 2.85 bits per heavy atom. The van der Waals surface area contributed by atoms with E-state index >= 15 is 0 Å². The summed E-state index contributed by atoms with van der Waals surface area (Å²) in [5, 5.41) is 9.90. The van der Waals surface area contributed by atoms with E-state index in [0.717, 1.165) is 31.0 Å². The maximum absolute atomic E-state index is 13.8. The van der Waals surface area contributed by atoms with Crippen LogP contribution in [-0.2, 0) is 13.0 Å². The van der Waals surface area contributed by atoms with Gasteiger partial charge in [0.2, 0.25) is 5.88 Å². The molecule has 1 aromatic carbocycles. The first kappa shape index (κ1) is 12.8. The Hall–Kier alpha value is -2.24. The van der Waals surface area contributed by atoms with Crippen LogP contribution in [0.25, 0.3) is 11.1 Å². The SMILES string of the molecule is O=c1c(-c2cc(F)ccc2F)c(O)nc2n1CCCC2. The van der Waals surface area contributed by atoms with E-state index in [1.54, 1.807) is 0 Å². The fourth-order valence-corrected chi connectivity index (χ4v) is 2.49. The fraction of sp³-hybridized carbons (Fsp3) is 0.286. The van der Waals surface area contributed by atoms with Crippen LogP contribution in [-0.4, -0.2) is 14.7 Å². The number of fused-ring (bicyclic) bond motifs is 1. The van der Waals surface area contributed by atoms with E-state index in [0.29, 0.717) is 18.8 Å². The number of nitrogens with zero attached hydrogens (tertiary/aromatic N) is 2. The molecule has 3 rings (SSSR count). The highest BCUT2D eigenvalue weighted by Crippen LogP contribution is 2.28. The molecule has 4 nitrogen and oxygen atoms in total. The van der Waals surface area contributed by atoms with E-state index in [9.17, 15) is 18.7 Å². The third kappa shape index (κ3) is 1.97. The van der Waals surface area contributed by atoms with Crippen molar-refractivity contribution in [2.45, 2.75) is 25.8 Å². The highest BCUT2D eigenvalue weighted by molar-refractivity contribution is 5.68. The maximum atomic E-state index is 13.8. The van der Waals surface area contributed by atoms with Gasteiger partial charge < -0.3 is 5.11 Å². The second kappa shape index (κ2) is 4.70. The Bertz CT molecular complexity index is 741. The van der Waals surface area contributed by atoms with Crippen LogP contribution in [0.2, 0.25) is 0 Å². The summed E-state index contributed by atoms with van der Waals surface area (Å²) in [6.45, 7) is 0.478. The second-order valence-corrected chi connectivity index (χ2v) is 4.76. The van der Waals surface area contributed by atoms with Gasteiger partial charge in [0, 0.05) is 18.5 Å². The lowest BCUT2D eigenvalue weighted by molar-refractivity contribution is 0.426. The highest BCUT2D eigenvalue weighted by Gasteiger charge is 2.22. The Labute approximate surface area is 113 Å². The predicted molar refractivity (Wildman–Crippen MR) is 68.5 cm³/mol. The van der Waals surface area contributed by atoms with Crippen LogP contribution < -0.4 is 5.56 Å². The summed E-state index contributed by atoms with van der Waals surface area (Å²) in [6.07, 6.45) is 2.30. The predicted octanol–water partition coefficient (Wildman–Crippen LogP) is 2.23. The number of aryl methyl sites for hydroxylation is 1. The summed E-state index contributed by atoms with van der Waals surface area (Å²) in [6, 6.07) is 2.77. The molecule has 1 aliphatic rings. The summed E-state index contributed by atoms with van der Waals surface area (Å²) in [4.78, 5) is 16.3. The van der Waals surface area contributed by atoms with Gasteiger partial charge in [-0.1, -0.05) is 0 Å². The first-order valence-electron chi connectivity index (χ1n) is 6.36. The Kier molecular flexibility index (Phi) is 3.00. The van der Waals surface area contributed by atoms with Crippen molar-refractivity contribution in [1.29, 1.82) is 0 Å². The van der Waals surface area contributed by atoms with Crippen LogP contribution in [0.15, 0.2) is 23.0 Å². The first-order valence-corrected chi connectivity index (χ1v) is 6.36. The molecule has 1 aliphatic heterocycles. The lowest BCUT2D eigenvalue weighted by atomic mass is 10.1. The number of halogens is 2. The maximum Gasteiger partial charge on any atom is 0.265 e. The molecule has 0 radical (unpaired) electrons. The van der Waals surface area contributed by atoms with Gasteiger partial charge in [-0.2, -0.15) is 4.98 Å². The number of aromatic hydroxyl groups is 1. The molecule has 0 aliphatic carbocycles. The molecule has 104 valence electrons. The zero-order valence-electron chi connectivity index (χ0n) is 10.6. The Morgan fingerprint density at radius 1 is 1.25 bits per heavy atom. The highest BCUT2D eigenvalue weighted by atomic mass is 19.1. The normalized spacial score (nSPS) is 14.1. The standard InChI is InChI=1S/C14H12F2N2O2/c15-8-4-5-10(16)9(7-8)12-13(19)17-11-3-1-2-6-18(11)14(12)20/h4-5,7,19H,1-3,6H2. The Morgan fingerprint density at radius 2 is 2.05 bits per heavy atom. The molecule has 6 heteroatoms. The molecule has 1 N–H and O–H groups in total. The summed E-state index contributed by atoms with van der Waals surface area (Å²) < 4.78 is 28.5. The van der Waals surface area contributed by atoms with Gasteiger partial charge in [-0.25, -0.2) is 8.78 Å². The van der Waals surface area contributed by atoms with E-state index < -0.39 is 23.1 Å². The van der Waals surface area contributed by atoms with Gasteiger partial charge in [-0.15, -0.1) is 0 Å². The van der Waals surface area contributed by atoms with Gasteiger partial charge in [0.05, 0.1) is 0 Å². The largest absolute Gasteiger partial charge is 0.493 e. The van der Waals surface area contributed by atoms with Crippen LogP contribution in [0.3, 0.4) is 0 Å². The minimum atomic E-state index is -0.767. The summed E-state index contributed by atoms with van der Waals surface area (Å²) in [5.74, 6) is -1.51. The zero-order valence-corrected chi connectivity index (χ0v) is 10.6. The second-order valence-electron chi connectivity index (χ2n) is 4.76. The van der Waals surface area contributed by atoms with Crippen LogP contribution >= 0.6 is 0 Å². The van der Waals surface area contributed by atoms with Gasteiger partial charge in [-0.05, 0) is 31.0 Å². The van der Waals surface area contributed by atoms with Crippen molar-refractivity contribution in [3.63, 3.8) is 0 Å². The lowest BCUT2D eigenvalue weighted by Gasteiger charge is -2.18. The van der Waals surface area contributed by atoms with Gasteiger partial charge in [0.25, 0.3) is 5.56 Å². The van der Waals surface area contributed by atoms with E-state index in [1.807, 2.05) is 0 Å². The van der Waals surface area contributed by atoms with E-state index in [2.05, 4.69) is 4.98 Å². The van der Waals surface area contributed by atoms with Crippen molar-refractivity contribution in [3.05, 3.63) is 46.0 Å². The summed E-state index contributed by atoms with van der Waals surface area (Å²) >= 11 is 0. The number of aromatic nitrogens is 2. The summed E-state index contributed by atoms with van der Waals surface area (Å²) in [5.41, 5.74) is -1.08. The van der Waals surface area contributed by atoms with Crippen molar-refractivity contribution in [2.75, 3.05) is 0 Å². The van der Waals surface area contributed by atoms with Crippen molar-refractivity contribution in [3.8, 4) is 17.0 Å². The molecule has 0 bridgehead atoms. The average Bonchev–Trinajstić information content (AvgIpc) is 2.42. The molecule has 0 atom stereocenters. The summed E-state index contributed by atoms with van der Waals surface area (Å²) in [7, 11) is 0. The molecule has 0 unspecified atom stereocenters. The molecule has 1 aromatic heterocycles. The molecule has 20 heavy (non-hydrogen) atoms. The van der Waals surface area contributed by atoms with Crippen LogP contribution in [0.4, 0.5) is 8.78 Å². The number of hydrogen-bond donors (Lipinski definition) is 1. The molecule has 2 heterocycles. The molecular weight excluding hydrogens is 266 g/mol. The minimum absolute atomic E-state index is 0.263. The Balaban J connectivity index is 2.29. The average molecular weight is 278 g/mol. The number of hydrogen-bond acceptors (Lipinski definition) is 3. The van der Waals surface area contributed by atoms with Gasteiger partial charge >= 0.3 is 0 Å².